The summed E-state index contributed by atoms with van der Waals surface area (Å²) in [7, 11) is 0. The van der Waals surface area contributed by atoms with Gasteiger partial charge in [-0.3, -0.25) is 0 Å². The first-order valence-corrected chi connectivity index (χ1v) is 7.76. The smallest absolute Gasteiger partial charge is 0.00719 e. The molecule has 2 heteroatoms. The molecule has 1 aromatic rings. The zero-order chi connectivity index (χ0) is 11.9. The Morgan fingerprint density at radius 1 is 1.06 bits per heavy atom. The van der Waals surface area contributed by atoms with Gasteiger partial charge in [0.2, 0.25) is 0 Å². The van der Waals surface area contributed by atoms with Crippen molar-refractivity contribution in [3.63, 3.8) is 0 Å². The minimum atomic E-state index is 0.792. The highest BCUT2D eigenvalue weighted by atomic mass is 32.2. The summed E-state index contributed by atoms with van der Waals surface area (Å²) in [4.78, 5) is 1.40. The van der Waals surface area contributed by atoms with Crippen LogP contribution in [0.3, 0.4) is 0 Å². The molecule has 94 valence electrons. The third kappa shape index (κ3) is 4.04. The molecule has 2 rings (SSSR count). The van der Waals surface area contributed by atoms with Gasteiger partial charge in [-0.2, -0.15) is 0 Å². The van der Waals surface area contributed by atoms with Crippen LogP contribution in [-0.2, 0) is 0 Å². The lowest BCUT2D eigenvalue weighted by molar-refractivity contribution is 0.238. The van der Waals surface area contributed by atoms with Gasteiger partial charge in [0.1, 0.15) is 0 Å². The van der Waals surface area contributed by atoms with E-state index in [4.69, 9.17) is 5.73 Å². The van der Waals surface area contributed by atoms with Crippen molar-refractivity contribution in [3.05, 3.63) is 30.3 Å². The van der Waals surface area contributed by atoms with Gasteiger partial charge < -0.3 is 5.73 Å². The zero-order valence-electron chi connectivity index (χ0n) is 10.5. The van der Waals surface area contributed by atoms with E-state index in [0.717, 1.165) is 18.4 Å². The SMILES string of the molecule is NCC1CCCCC1CCSc1ccccc1. The number of benzene rings is 1. The molecule has 0 bridgehead atoms. The lowest BCUT2D eigenvalue weighted by Gasteiger charge is -2.30. The van der Waals surface area contributed by atoms with Crippen molar-refractivity contribution >= 4 is 11.8 Å². The van der Waals surface area contributed by atoms with Crippen molar-refractivity contribution in [3.8, 4) is 0 Å². The standard InChI is InChI=1S/C15H23NS/c16-12-14-7-5-4-6-13(14)10-11-17-15-8-2-1-3-9-15/h1-3,8-9,13-14H,4-7,10-12,16H2. The lowest BCUT2D eigenvalue weighted by Crippen LogP contribution is -2.27. The van der Waals surface area contributed by atoms with Gasteiger partial charge >= 0.3 is 0 Å². The fraction of sp³-hybridized carbons (Fsp3) is 0.600. The average molecular weight is 249 g/mol. The second-order valence-corrected chi connectivity index (χ2v) is 6.16. The molecular formula is C15H23NS. The number of rotatable bonds is 5. The molecule has 1 aliphatic rings. The normalized spacial score (nSPS) is 24.8. The van der Waals surface area contributed by atoms with E-state index < -0.39 is 0 Å². The minimum Gasteiger partial charge on any atom is -0.330 e. The molecule has 2 atom stereocenters. The molecule has 1 nitrogen and oxygen atoms in total. The fourth-order valence-corrected chi connectivity index (χ4v) is 3.83. The predicted octanol–water partition coefficient (Wildman–Crippen LogP) is 3.93. The van der Waals surface area contributed by atoms with E-state index in [1.807, 2.05) is 11.8 Å². The number of hydrogen-bond acceptors (Lipinski definition) is 2. The Hall–Kier alpha value is -0.470. The van der Waals surface area contributed by atoms with E-state index >= 15 is 0 Å². The van der Waals surface area contributed by atoms with Crippen LogP contribution in [-0.4, -0.2) is 12.3 Å². The van der Waals surface area contributed by atoms with Crippen LogP contribution in [0.15, 0.2) is 35.2 Å². The number of nitrogens with two attached hydrogens (primary N) is 1. The van der Waals surface area contributed by atoms with Crippen molar-refractivity contribution in [2.75, 3.05) is 12.3 Å². The summed E-state index contributed by atoms with van der Waals surface area (Å²) in [6.45, 7) is 0.890. The Labute approximate surface area is 109 Å². The maximum atomic E-state index is 5.87. The van der Waals surface area contributed by atoms with E-state index in [9.17, 15) is 0 Å². The molecule has 0 aliphatic heterocycles. The van der Waals surface area contributed by atoms with Crippen LogP contribution in [0.25, 0.3) is 0 Å². The third-order valence-corrected chi connectivity index (χ3v) is 4.92. The van der Waals surface area contributed by atoms with Gasteiger partial charge in [-0.25, -0.2) is 0 Å². The summed E-state index contributed by atoms with van der Waals surface area (Å²) in [5, 5.41) is 0. The van der Waals surface area contributed by atoms with Crippen LogP contribution in [0.1, 0.15) is 32.1 Å². The van der Waals surface area contributed by atoms with Crippen LogP contribution >= 0.6 is 11.8 Å². The molecular weight excluding hydrogens is 226 g/mol. The van der Waals surface area contributed by atoms with E-state index in [0.29, 0.717) is 0 Å². The highest BCUT2D eigenvalue weighted by Crippen LogP contribution is 2.33. The van der Waals surface area contributed by atoms with Crippen molar-refractivity contribution < 1.29 is 0 Å². The first-order valence-electron chi connectivity index (χ1n) is 6.78. The van der Waals surface area contributed by atoms with Gasteiger partial charge in [-0.15, -0.1) is 11.8 Å². The second-order valence-electron chi connectivity index (χ2n) is 4.99. The summed E-state index contributed by atoms with van der Waals surface area (Å²) in [5.74, 6) is 2.91. The van der Waals surface area contributed by atoms with Gasteiger partial charge in [-0.1, -0.05) is 37.5 Å². The van der Waals surface area contributed by atoms with Gasteiger partial charge in [-0.05, 0) is 49.1 Å². The van der Waals surface area contributed by atoms with E-state index in [1.54, 1.807) is 0 Å². The Morgan fingerprint density at radius 3 is 2.47 bits per heavy atom. The zero-order valence-corrected chi connectivity index (χ0v) is 11.3. The Morgan fingerprint density at radius 2 is 1.76 bits per heavy atom. The van der Waals surface area contributed by atoms with E-state index in [-0.39, 0.29) is 0 Å². The Kier molecular flexibility index (Phi) is 5.40. The molecule has 2 unspecified atom stereocenters. The maximum Gasteiger partial charge on any atom is 0.00719 e. The van der Waals surface area contributed by atoms with Crippen molar-refractivity contribution in [1.29, 1.82) is 0 Å². The Bertz CT molecular complexity index is 312. The Balaban J connectivity index is 1.74. The largest absolute Gasteiger partial charge is 0.330 e. The average Bonchev–Trinajstić information content (AvgIpc) is 2.40. The lowest BCUT2D eigenvalue weighted by atomic mass is 9.78. The fourth-order valence-electron chi connectivity index (χ4n) is 2.82. The summed E-state index contributed by atoms with van der Waals surface area (Å²) < 4.78 is 0. The maximum absolute atomic E-state index is 5.87. The highest BCUT2D eigenvalue weighted by molar-refractivity contribution is 7.99. The number of hydrogen-bond donors (Lipinski definition) is 1. The summed E-state index contributed by atoms with van der Waals surface area (Å²) in [5.41, 5.74) is 5.87. The topological polar surface area (TPSA) is 26.0 Å². The van der Waals surface area contributed by atoms with Gasteiger partial charge in [0, 0.05) is 4.90 Å². The molecule has 1 fully saturated rings. The van der Waals surface area contributed by atoms with Crippen LogP contribution in [0.5, 0.6) is 0 Å². The highest BCUT2D eigenvalue weighted by Gasteiger charge is 2.23. The number of thioether (sulfide) groups is 1. The molecule has 17 heavy (non-hydrogen) atoms. The third-order valence-electron chi connectivity index (χ3n) is 3.87. The second kappa shape index (κ2) is 7.07. The predicted molar refractivity (Wildman–Crippen MR) is 76.3 cm³/mol. The molecule has 0 aromatic heterocycles. The summed E-state index contributed by atoms with van der Waals surface area (Å²) >= 11 is 1.99. The van der Waals surface area contributed by atoms with Crippen LogP contribution in [0.2, 0.25) is 0 Å². The van der Waals surface area contributed by atoms with Crippen LogP contribution in [0.4, 0.5) is 0 Å². The van der Waals surface area contributed by atoms with E-state index in [1.165, 1.54) is 42.8 Å². The molecule has 0 radical (unpaired) electrons. The molecule has 0 spiro atoms. The first-order chi connectivity index (χ1) is 8.40. The van der Waals surface area contributed by atoms with Crippen molar-refractivity contribution in [2.45, 2.75) is 37.0 Å². The summed E-state index contributed by atoms with van der Waals surface area (Å²) in [6.07, 6.45) is 6.90. The molecule has 0 saturated heterocycles. The van der Waals surface area contributed by atoms with Crippen molar-refractivity contribution in [2.24, 2.45) is 17.6 Å². The molecule has 1 saturated carbocycles. The molecule has 2 N–H and O–H groups in total. The summed E-state index contributed by atoms with van der Waals surface area (Å²) in [6, 6.07) is 10.7. The van der Waals surface area contributed by atoms with Crippen LogP contribution < -0.4 is 5.73 Å². The molecule has 1 aromatic carbocycles. The quantitative estimate of drug-likeness (QED) is 0.800. The van der Waals surface area contributed by atoms with Gasteiger partial charge in [0.15, 0.2) is 0 Å². The van der Waals surface area contributed by atoms with Gasteiger partial charge in [0.25, 0.3) is 0 Å². The first kappa shape index (κ1) is 13.0. The minimum absolute atomic E-state index is 0.792. The van der Waals surface area contributed by atoms with E-state index in [2.05, 4.69) is 30.3 Å². The molecule has 1 aliphatic carbocycles. The monoisotopic (exact) mass is 249 g/mol. The van der Waals surface area contributed by atoms with Crippen LogP contribution in [0, 0.1) is 11.8 Å². The molecule has 0 amide bonds. The van der Waals surface area contributed by atoms with Gasteiger partial charge in [0.05, 0.1) is 0 Å². The molecule has 0 heterocycles. The van der Waals surface area contributed by atoms with Crippen molar-refractivity contribution in [1.82, 2.24) is 0 Å².